The zero-order chi connectivity index (χ0) is 15.8. The molecule has 5 nitrogen and oxygen atoms in total. The van der Waals surface area contributed by atoms with Gasteiger partial charge in [0, 0.05) is 4.91 Å². The zero-order valence-corrected chi connectivity index (χ0v) is 12.9. The SMILES string of the molecule is CCOC(=O)c1cccc(/C(=C/C2CCCC2)CN=[N+]=[N-])c1. The summed E-state index contributed by atoms with van der Waals surface area (Å²) < 4.78 is 5.04. The van der Waals surface area contributed by atoms with E-state index in [1.54, 1.807) is 13.0 Å². The van der Waals surface area contributed by atoms with Crippen LogP contribution in [-0.4, -0.2) is 19.1 Å². The van der Waals surface area contributed by atoms with Gasteiger partial charge in [0.25, 0.3) is 0 Å². The van der Waals surface area contributed by atoms with E-state index in [1.165, 1.54) is 25.7 Å². The number of rotatable bonds is 6. The molecule has 22 heavy (non-hydrogen) atoms. The van der Waals surface area contributed by atoms with Crippen LogP contribution in [0.2, 0.25) is 0 Å². The summed E-state index contributed by atoms with van der Waals surface area (Å²) in [6.45, 7) is 2.45. The Morgan fingerprint density at radius 3 is 2.82 bits per heavy atom. The Hall–Kier alpha value is -2.26. The number of carbonyl (C=O) groups is 1. The second-order valence-corrected chi connectivity index (χ2v) is 5.43. The van der Waals surface area contributed by atoms with E-state index in [2.05, 4.69) is 16.1 Å². The van der Waals surface area contributed by atoms with Crippen molar-refractivity contribution in [2.24, 2.45) is 11.0 Å². The molecule has 0 amide bonds. The van der Waals surface area contributed by atoms with Crippen LogP contribution in [0.5, 0.6) is 0 Å². The van der Waals surface area contributed by atoms with Crippen LogP contribution in [0.3, 0.4) is 0 Å². The molecule has 1 aliphatic rings. The van der Waals surface area contributed by atoms with Gasteiger partial charge in [0.05, 0.1) is 18.7 Å². The van der Waals surface area contributed by atoms with E-state index in [9.17, 15) is 4.79 Å². The molecule has 1 aliphatic carbocycles. The molecule has 116 valence electrons. The van der Waals surface area contributed by atoms with E-state index in [-0.39, 0.29) is 5.97 Å². The number of carbonyl (C=O) groups excluding carboxylic acids is 1. The van der Waals surface area contributed by atoms with Gasteiger partial charge in [-0.25, -0.2) is 4.79 Å². The molecular weight excluding hydrogens is 278 g/mol. The lowest BCUT2D eigenvalue weighted by Gasteiger charge is -2.10. The molecule has 1 aromatic carbocycles. The minimum absolute atomic E-state index is 0.305. The molecule has 0 spiro atoms. The van der Waals surface area contributed by atoms with Crippen LogP contribution in [0.25, 0.3) is 16.0 Å². The van der Waals surface area contributed by atoms with Gasteiger partial charge in [-0.3, -0.25) is 0 Å². The van der Waals surface area contributed by atoms with Gasteiger partial charge in [-0.1, -0.05) is 36.2 Å². The minimum atomic E-state index is -0.326. The van der Waals surface area contributed by atoms with E-state index in [0.717, 1.165) is 11.1 Å². The lowest BCUT2D eigenvalue weighted by atomic mass is 9.97. The van der Waals surface area contributed by atoms with Crippen molar-refractivity contribution in [3.63, 3.8) is 0 Å². The van der Waals surface area contributed by atoms with Crippen molar-refractivity contribution in [2.75, 3.05) is 13.2 Å². The molecule has 1 fully saturated rings. The fraction of sp³-hybridized carbons (Fsp3) is 0.471. The maximum atomic E-state index is 11.9. The van der Waals surface area contributed by atoms with Crippen molar-refractivity contribution < 1.29 is 9.53 Å². The largest absolute Gasteiger partial charge is 0.462 e. The fourth-order valence-corrected chi connectivity index (χ4v) is 2.82. The summed E-state index contributed by atoms with van der Waals surface area (Å²) in [6.07, 6.45) is 7.05. The summed E-state index contributed by atoms with van der Waals surface area (Å²) >= 11 is 0. The van der Waals surface area contributed by atoms with Crippen molar-refractivity contribution in [1.29, 1.82) is 0 Å². The van der Waals surface area contributed by atoms with Gasteiger partial charge in [-0.2, -0.15) is 0 Å². The van der Waals surface area contributed by atoms with Crippen LogP contribution in [-0.2, 0) is 4.74 Å². The molecule has 0 radical (unpaired) electrons. The first kappa shape index (κ1) is 16.1. The smallest absolute Gasteiger partial charge is 0.338 e. The lowest BCUT2D eigenvalue weighted by Crippen LogP contribution is -2.05. The molecule has 0 aliphatic heterocycles. The normalized spacial score (nSPS) is 15.4. The Labute approximate surface area is 130 Å². The molecule has 0 unspecified atom stereocenters. The van der Waals surface area contributed by atoms with Crippen molar-refractivity contribution in [1.82, 2.24) is 0 Å². The van der Waals surface area contributed by atoms with Crippen molar-refractivity contribution in [3.05, 3.63) is 51.9 Å². The lowest BCUT2D eigenvalue weighted by molar-refractivity contribution is 0.0526. The molecule has 0 heterocycles. The summed E-state index contributed by atoms with van der Waals surface area (Å²) in [7, 11) is 0. The Bertz CT molecular complexity index is 598. The molecule has 0 saturated heterocycles. The Morgan fingerprint density at radius 2 is 2.14 bits per heavy atom. The maximum Gasteiger partial charge on any atom is 0.338 e. The topological polar surface area (TPSA) is 75.1 Å². The van der Waals surface area contributed by atoms with Gasteiger partial charge in [0.2, 0.25) is 0 Å². The highest BCUT2D eigenvalue weighted by molar-refractivity contribution is 5.90. The van der Waals surface area contributed by atoms with E-state index in [0.29, 0.717) is 24.6 Å². The average molecular weight is 299 g/mol. The Balaban J connectivity index is 2.28. The first-order chi connectivity index (χ1) is 10.7. The minimum Gasteiger partial charge on any atom is -0.462 e. The third kappa shape index (κ3) is 4.37. The first-order valence-corrected chi connectivity index (χ1v) is 7.73. The highest BCUT2D eigenvalue weighted by Gasteiger charge is 2.15. The van der Waals surface area contributed by atoms with Crippen molar-refractivity contribution in [3.8, 4) is 0 Å². The quantitative estimate of drug-likeness (QED) is 0.329. The summed E-state index contributed by atoms with van der Waals surface area (Å²) in [5.74, 6) is 0.212. The molecule has 5 heteroatoms. The van der Waals surface area contributed by atoms with Crippen molar-refractivity contribution >= 4 is 11.5 Å². The number of benzene rings is 1. The predicted molar refractivity (Wildman–Crippen MR) is 86.3 cm³/mol. The Morgan fingerprint density at radius 1 is 1.41 bits per heavy atom. The number of hydrogen-bond donors (Lipinski definition) is 0. The van der Waals surface area contributed by atoms with Crippen LogP contribution in [0.4, 0.5) is 0 Å². The summed E-state index contributed by atoms with van der Waals surface area (Å²) in [6, 6.07) is 7.32. The van der Waals surface area contributed by atoms with Gasteiger partial charge < -0.3 is 4.74 Å². The van der Waals surface area contributed by atoms with Gasteiger partial charge in [-0.05, 0) is 54.5 Å². The molecule has 0 N–H and O–H groups in total. The molecule has 2 rings (SSSR count). The zero-order valence-electron chi connectivity index (χ0n) is 12.9. The molecule has 1 saturated carbocycles. The predicted octanol–water partition coefficient (Wildman–Crippen LogP) is 4.75. The molecule has 0 aromatic heterocycles. The van der Waals surface area contributed by atoms with Gasteiger partial charge in [0.1, 0.15) is 0 Å². The summed E-state index contributed by atoms with van der Waals surface area (Å²) in [4.78, 5) is 14.7. The van der Waals surface area contributed by atoms with Gasteiger partial charge in [0.15, 0.2) is 0 Å². The fourth-order valence-electron chi connectivity index (χ4n) is 2.82. The van der Waals surface area contributed by atoms with E-state index < -0.39 is 0 Å². The number of ether oxygens (including phenoxy) is 1. The second-order valence-electron chi connectivity index (χ2n) is 5.43. The standard InChI is InChI=1S/C17H21N3O2/c1-2-22-17(21)15-9-5-8-14(11-15)16(12-19-20-18)10-13-6-3-4-7-13/h5,8-11,13H,2-4,6-7,12H2,1H3/b16-10+. The average Bonchev–Trinajstić information content (AvgIpc) is 3.05. The number of nitrogens with zero attached hydrogens (tertiary/aromatic N) is 3. The monoisotopic (exact) mass is 299 g/mol. The number of azide groups is 1. The number of esters is 1. The first-order valence-electron chi connectivity index (χ1n) is 7.73. The highest BCUT2D eigenvalue weighted by atomic mass is 16.5. The molecular formula is C17H21N3O2. The van der Waals surface area contributed by atoms with Crippen LogP contribution in [0.15, 0.2) is 35.5 Å². The van der Waals surface area contributed by atoms with Crippen molar-refractivity contribution in [2.45, 2.75) is 32.6 Å². The van der Waals surface area contributed by atoms with E-state index in [1.807, 2.05) is 18.2 Å². The third-order valence-corrected chi connectivity index (χ3v) is 3.89. The number of hydrogen-bond acceptors (Lipinski definition) is 3. The van der Waals surface area contributed by atoms with E-state index in [4.69, 9.17) is 10.3 Å². The van der Waals surface area contributed by atoms with Crippen LogP contribution >= 0.6 is 0 Å². The third-order valence-electron chi connectivity index (χ3n) is 3.89. The van der Waals surface area contributed by atoms with E-state index >= 15 is 0 Å². The molecule has 0 atom stereocenters. The number of allylic oxidation sites excluding steroid dienone is 1. The molecule has 1 aromatic rings. The van der Waals surface area contributed by atoms with Gasteiger partial charge in [-0.15, -0.1) is 0 Å². The highest BCUT2D eigenvalue weighted by Crippen LogP contribution is 2.29. The van der Waals surface area contributed by atoms with Gasteiger partial charge >= 0.3 is 5.97 Å². The summed E-state index contributed by atoms with van der Waals surface area (Å²) in [5.41, 5.74) is 11.0. The van der Waals surface area contributed by atoms with Crippen LogP contribution in [0.1, 0.15) is 48.5 Å². The maximum absolute atomic E-state index is 11.9. The van der Waals surface area contributed by atoms with Crippen LogP contribution in [0, 0.1) is 5.92 Å². The molecule has 0 bridgehead atoms. The Kier molecular flexibility index (Phi) is 6.04. The second kappa shape index (κ2) is 8.25. The van der Waals surface area contributed by atoms with Crippen LogP contribution < -0.4 is 0 Å². The summed E-state index contributed by atoms with van der Waals surface area (Å²) in [5, 5.41) is 3.70.